The van der Waals surface area contributed by atoms with Gasteiger partial charge >= 0.3 is 0 Å². The topological polar surface area (TPSA) is 88.9 Å². The van der Waals surface area contributed by atoms with Crippen molar-refractivity contribution < 1.29 is 14.0 Å². The van der Waals surface area contributed by atoms with Gasteiger partial charge in [0.1, 0.15) is 11.5 Å². The Bertz CT molecular complexity index is 1120. The van der Waals surface area contributed by atoms with Crippen molar-refractivity contribution in [3.63, 3.8) is 0 Å². The minimum atomic E-state index is -0.319. The Morgan fingerprint density at radius 2 is 1.77 bits per heavy atom. The molecule has 0 saturated heterocycles. The van der Waals surface area contributed by atoms with E-state index in [1.54, 1.807) is 53.2 Å². The molecule has 7 nitrogen and oxygen atoms in total. The molecular formula is C23H22FN5O2. The molecule has 31 heavy (non-hydrogen) atoms. The molecule has 1 heterocycles. The van der Waals surface area contributed by atoms with E-state index in [1.807, 2.05) is 6.92 Å². The number of rotatable bonds is 7. The van der Waals surface area contributed by atoms with Gasteiger partial charge in [0.2, 0.25) is 0 Å². The molecule has 0 unspecified atom stereocenters. The van der Waals surface area contributed by atoms with Crippen LogP contribution >= 0.6 is 0 Å². The number of halogens is 1. The highest BCUT2D eigenvalue weighted by atomic mass is 19.1. The summed E-state index contributed by atoms with van der Waals surface area (Å²) in [5.74, 6) is -0.763. The van der Waals surface area contributed by atoms with E-state index in [0.717, 1.165) is 18.4 Å². The molecule has 1 aliphatic rings. The largest absolute Gasteiger partial charge is 0.352 e. The zero-order chi connectivity index (χ0) is 21.8. The van der Waals surface area contributed by atoms with Gasteiger partial charge in [-0.05, 0) is 67.8 Å². The van der Waals surface area contributed by atoms with Crippen LogP contribution < -0.4 is 10.6 Å². The second-order valence-electron chi connectivity index (χ2n) is 7.27. The Hall–Kier alpha value is -3.81. The second kappa shape index (κ2) is 8.91. The van der Waals surface area contributed by atoms with Gasteiger partial charge in [0, 0.05) is 18.2 Å². The van der Waals surface area contributed by atoms with E-state index in [2.05, 4.69) is 20.9 Å². The summed E-state index contributed by atoms with van der Waals surface area (Å²) in [5, 5.41) is 13.9. The molecule has 1 fully saturated rings. The molecule has 2 amide bonds. The maximum Gasteiger partial charge on any atom is 0.274 e. The molecule has 0 bridgehead atoms. The monoisotopic (exact) mass is 419 g/mol. The van der Waals surface area contributed by atoms with E-state index in [0.29, 0.717) is 23.5 Å². The number of hydrogen-bond acceptors (Lipinski definition) is 4. The van der Waals surface area contributed by atoms with Crippen LogP contribution in [0.15, 0.2) is 48.5 Å². The first-order valence-electron chi connectivity index (χ1n) is 10.1. The Labute approximate surface area is 179 Å². The molecule has 1 saturated carbocycles. The maximum absolute atomic E-state index is 13.2. The smallest absolute Gasteiger partial charge is 0.274 e. The van der Waals surface area contributed by atoms with Gasteiger partial charge in [-0.3, -0.25) is 9.59 Å². The van der Waals surface area contributed by atoms with Crippen LogP contribution in [0.25, 0.3) is 17.8 Å². The summed E-state index contributed by atoms with van der Waals surface area (Å²) in [6.45, 7) is 2.40. The first-order chi connectivity index (χ1) is 15.0. The van der Waals surface area contributed by atoms with Gasteiger partial charge in [-0.25, -0.2) is 9.07 Å². The minimum Gasteiger partial charge on any atom is -0.352 e. The molecule has 3 aromatic rings. The molecule has 0 spiro atoms. The van der Waals surface area contributed by atoms with Crippen molar-refractivity contribution in [1.29, 1.82) is 0 Å². The molecule has 0 atom stereocenters. The zero-order valence-corrected chi connectivity index (χ0v) is 17.0. The van der Waals surface area contributed by atoms with Gasteiger partial charge in [-0.15, -0.1) is 5.10 Å². The van der Waals surface area contributed by atoms with Crippen LogP contribution in [0.4, 0.5) is 4.39 Å². The molecule has 2 aromatic carbocycles. The third-order valence-electron chi connectivity index (χ3n) is 4.85. The van der Waals surface area contributed by atoms with Crippen LogP contribution in [0, 0.1) is 5.82 Å². The number of carbonyl (C=O) groups is 2. The number of amides is 2. The summed E-state index contributed by atoms with van der Waals surface area (Å²) in [4.78, 5) is 24.7. The lowest BCUT2D eigenvalue weighted by Gasteiger charge is -2.07. The summed E-state index contributed by atoms with van der Waals surface area (Å²) >= 11 is 0. The third kappa shape index (κ3) is 4.85. The highest BCUT2D eigenvalue weighted by molar-refractivity contribution is 5.97. The first kappa shape index (κ1) is 20.5. The number of benzene rings is 2. The van der Waals surface area contributed by atoms with Crippen LogP contribution in [0.3, 0.4) is 0 Å². The van der Waals surface area contributed by atoms with Gasteiger partial charge in [-0.2, -0.15) is 0 Å². The lowest BCUT2D eigenvalue weighted by molar-refractivity contribution is 0.0941. The van der Waals surface area contributed by atoms with Crippen molar-refractivity contribution in [3.8, 4) is 5.69 Å². The van der Waals surface area contributed by atoms with E-state index < -0.39 is 0 Å². The van der Waals surface area contributed by atoms with Crippen molar-refractivity contribution >= 4 is 24.0 Å². The number of hydrogen-bond donors (Lipinski definition) is 2. The first-order valence-corrected chi connectivity index (χ1v) is 10.1. The van der Waals surface area contributed by atoms with Crippen molar-refractivity contribution in [2.45, 2.75) is 25.8 Å². The van der Waals surface area contributed by atoms with Gasteiger partial charge in [0.15, 0.2) is 5.69 Å². The summed E-state index contributed by atoms with van der Waals surface area (Å²) in [6.07, 6.45) is 5.42. The minimum absolute atomic E-state index is 0.159. The van der Waals surface area contributed by atoms with Gasteiger partial charge in [0.25, 0.3) is 11.8 Å². The lowest BCUT2D eigenvalue weighted by atomic mass is 10.1. The average molecular weight is 419 g/mol. The molecule has 0 radical (unpaired) electrons. The van der Waals surface area contributed by atoms with Crippen molar-refractivity contribution in [1.82, 2.24) is 25.6 Å². The van der Waals surface area contributed by atoms with E-state index in [1.165, 1.54) is 12.1 Å². The molecule has 158 valence electrons. The summed E-state index contributed by atoms with van der Waals surface area (Å²) in [6, 6.07) is 13.1. The quantitative estimate of drug-likeness (QED) is 0.615. The van der Waals surface area contributed by atoms with Gasteiger partial charge in [0.05, 0.1) is 5.69 Å². The molecule has 1 aromatic heterocycles. The number of nitrogens with one attached hydrogen (secondary N) is 2. The van der Waals surface area contributed by atoms with Crippen LogP contribution in [0.5, 0.6) is 0 Å². The molecule has 2 N–H and O–H groups in total. The van der Waals surface area contributed by atoms with Crippen LogP contribution in [0.1, 0.15) is 51.9 Å². The highest BCUT2D eigenvalue weighted by Gasteiger charge is 2.27. The standard InChI is InChI=1S/C23H22FN5O2/c1-2-25-22(30)16-6-12-19(13-7-16)29-20(14-5-15-3-8-17(24)9-4-15)21(27-28-29)23(31)26-18-10-11-18/h3-9,12-14,18H,2,10-11H2,1H3,(H,25,30)(H,26,31)/b14-5+. The molecule has 8 heteroatoms. The van der Waals surface area contributed by atoms with Gasteiger partial charge in [-0.1, -0.05) is 23.4 Å². The van der Waals surface area contributed by atoms with Crippen molar-refractivity contribution in [2.75, 3.05) is 6.54 Å². The van der Waals surface area contributed by atoms with Crippen LogP contribution in [-0.2, 0) is 0 Å². The Morgan fingerprint density at radius 3 is 2.42 bits per heavy atom. The highest BCUT2D eigenvalue weighted by Crippen LogP contribution is 2.21. The van der Waals surface area contributed by atoms with Crippen LogP contribution in [-0.4, -0.2) is 39.4 Å². The lowest BCUT2D eigenvalue weighted by Crippen LogP contribution is -2.26. The fourth-order valence-electron chi connectivity index (χ4n) is 3.04. The molecule has 0 aliphatic heterocycles. The van der Waals surface area contributed by atoms with Crippen molar-refractivity contribution in [2.24, 2.45) is 0 Å². The predicted molar refractivity (Wildman–Crippen MR) is 115 cm³/mol. The SMILES string of the molecule is CCNC(=O)c1ccc(-n2nnc(C(=O)NC3CC3)c2/C=C/c2ccc(F)cc2)cc1. The van der Waals surface area contributed by atoms with E-state index >= 15 is 0 Å². The van der Waals surface area contributed by atoms with Gasteiger partial charge < -0.3 is 10.6 Å². The van der Waals surface area contributed by atoms with E-state index in [4.69, 9.17) is 0 Å². The molecule has 4 rings (SSSR count). The zero-order valence-electron chi connectivity index (χ0n) is 17.0. The normalized spacial score (nSPS) is 13.4. The molecular weight excluding hydrogens is 397 g/mol. The number of aromatic nitrogens is 3. The number of carbonyl (C=O) groups excluding carboxylic acids is 2. The summed E-state index contributed by atoms with van der Waals surface area (Å²) in [5.41, 5.74) is 2.66. The Morgan fingerprint density at radius 1 is 1.06 bits per heavy atom. The Balaban J connectivity index is 1.68. The fraction of sp³-hybridized carbons (Fsp3) is 0.217. The second-order valence-corrected chi connectivity index (χ2v) is 7.27. The van der Waals surface area contributed by atoms with Crippen LogP contribution in [0.2, 0.25) is 0 Å². The third-order valence-corrected chi connectivity index (χ3v) is 4.85. The van der Waals surface area contributed by atoms with E-state index in [-0.39, 0.29) is 29.4 Å². The van der Waals surface area contributed by atoms with E-state index in [9.17, 15) is 14.0 Å². The summed E-state index contributed by atoms with van der Waals surface area (Å²) < 4.78 is 14.7. The Kier molecular flexibility index (Phi) is 5.88. The average Bonchev–Trinajstić information content (AvgIpc) is 3.49. The van der Waals surface area contributed by atoms with Crippen molar-refractivity contribution in [3.05, 3.63) is 76.9 Å². The molecule has 1 aliphatic carbocycles. The maximum atomic E-state index is 13.2. The summed E-state index contributed by atoms with van der Waals surface area (Å²) in [7, 11) is 0. The fourth-order valence-corrected chi connectivity index (χ4v) is 3.04. The number of nitrogens with zero attached hydrogens (tertiary/aromatic N) is 3. The predicted octanol–water partition coefficient (Wildman–Crippen LogP) is 3.22.